The van der Waals surface area contributed by atoms with E-state index in [-0.39, 0.29) is 0 Å². The maximum Gasteiger partial charge on any atom is 0.128 e. The summed E-state index contributed by atoms with van der Waals surface area (Å²) in [7, 11) is 0. The van der Waals surface area contributed by atoms with E-state index < -0.39 is 0 Å². The summed E-state index contributed by atoms with van der Waals surface area (Å²) in [6.07, 6.45) is 1.28. The first-order chi connectivity index (χ1) is 9.77. The first kappa shape index (κ1) is 16.3. The normalized spacial score (nSPS) is 19.6. The third kappa shape index (κ3) is 4.19. The average Bonchev–Trinajstić information content (AvgIpc) is 2.86. The molecule has 1 atom stereocenters. The van der Waals surface area contributed by atoms with Crippen LogP contribution in [-0.2, 0) is 6.54 Å². The van der Waals surface area contributed by atoms with E-state index in [0.717, 1.165) is 37.1 Å². The first-order valence-electron chi connectivity index (χ1n) is 8.22. The lowest BCUT2D eigenvalue weighted by molar-refractivity contribution is 0.263. The molecule has 3 nitrogen and oxygen atoms in total. The number of pyridine rings is 1. The summed E-state index contributed by atoms with van der Waals surface area (Å²) < 4.78 is 0. The average molecular weight is 289 g/mol. The number of hydrogen-bond acceptors (Lipinski definition) is 3. The van der Waals surface area contributed by atoms with Gasteiger partial charge in [-0.25, -0.2) is 4.98 Å². The van der Waals surface area contributed by atoms with Crippen molar-refractivity contribution >= 4 is 5.82 Å². The molecule has 118 valence electrons. The number of nitrogens with one attached hydrogen (secondary N) is 1. The predicted octanol–water partition coefficient (Wildman–Crippen LogP) is 3.76. The van der Waals surface area contributed by atoms with Crippen LogP contribution in [0.3, 0.4) is 0 Å². The molecule has 0 spiro atoms. The molecule has 0 radical (unpaired) electrons. The Labute approximate surface area is 130 Å². The Morgan fingerprint density at radius 3 is 2.57 bits per heavy atom. The van der Waals surface area contributed by atoms with Gasteiger partial charge in [-0.05, 0) is 36.3 Å². The van der Waals surface area contributed by atoms with Crippen LogP contribution in [0.4, 0.5) is 5.82 Å². The Hall–Kier alpha value is -1.09. The lowest BCUT2D eigenvalue weighted by atomic mass is 9.80. The highest BCUT2D eigenvalue weighted by Gasteiger charge is 2.32. The molecule has 0 aliphatic carbocycles. The van der Waals surface area contributed by atoms with Crippen molar-refractivity contribution in [3.63, 3.8) is 0 Å². The SMILES string of the molecule is Cc1nc(N2CCC(C(C)(C)C)C2)ccc1CNC(C)C. The van der Waals surface area contributed by atoms with Crippen LogP contribution in [0.25, 0.3) is 0 Å². The third-order valence-electron chi connectivity index (χ3n) is 4.62. The van der Waals surface area contributed by atoms with Gasteiger partial charge in [0.15, 0.2) is 0 Å². The number of nitrogens with zero attached hydrogens (tertiary/aromatic N) is 2. The van der Waals surface area contributed by atoms with Crippen molar-refractivity contribution in [3.8, 4) is 0 Å². The fourth-order valence-corrected chi connectivity index (χ4v) is 2.93. The van der Waals surface area contributed by atoms with E-state index in [2.05, 4.69) is 63.9 Å². The van der Waals surface area contributed by atoms with Gasteiger partial charge in [0, 0.05) is 31.4 Å². The van der Waals surface area contributed by atoms with E-state index in [4.69, 9.17) is 4.98 Å². The van der Waals surface area contributed by atoms with Crippen LogP contribution in [0.5, 0.6) is 0 Å². The minimum absolute atomic E-state index is 0.394. The van der Waals surface area contributed by atoms with Crippen LogP contribution in [0.2, 0.25) is 0 Å². The summed E-state index contributed by atoms with van der Waals surface area (Å²) in [5, 5.41) is 3.46. The summed E-state index contributed by atoms with van der Waals surface area (Å²) in [6, 6.07) is 4.93. The zero-order valence-electron chi connectivity index (χ0n) is 14.5. The fraction of sp³-hybridized carbons (Fsp3) is 0.722. The second kappa shape index (κ2) is 6.35. The van der Waals surface area contributed by atoms with Gasteiger partial charge in [0.1, 0.15) is 5.82 Å². The highest BCUT2D eigenvalue weighted by Crippen LogP contribution is 2.35. The molecule has 0 aromatic carbocycles. The number of rotatable bonds is 4. The molecular weight excluding hydrogens is 258 g/mol. The molecule has 3 heteroatoms. The molecule has 2 heterocycles. The van der Waals surface area contributed by atoms with Crippen LogP contribution < -0.4 is 10.2 Å². The fourth-order valence-electron chi connectivity index (χ4n) is 2.93. The second-order valence-corrected chi connectivity index (χ2v) is 7.75. The van der Waals surface area contributed by atoms with Crippen molar-refractivity contribution in [1.29, 1.82) is 0 Å². The van der Waals surface area contributed by atoms with Gasteiger partial charge in [-0.3, -0.25) is 0 Å². The smallest absolute Gasteiger partial charge is 0.128 e. The van der Waals surface area contributed by atoms with E-state index in [1.54, 1.807) is 0 Å². The van der Waals surface area contributed by atoms with E-state index in [1.165, 1.54) is 12.0 Å². The number of aryl methyl sites for hydroxylation is 1. The van der Waals surface area contributed by atoms with Gasteiger partial charge in [0.2, 0.25) is 0 Å². The van der Waals surface area contributed by atoms with Crippen LogP contribution in [0.15, 0.2) is 12.1 Å². The topological polar surface area (TPSA) is 28.2 Å². The lowest BCUT2D eigenvalue weighted by Crippen LogP contribution is -2.27. The maximum atomic E-state index is 4.84. The van der Waals surface area contributed by atoms with Gasteiger partial charge in [-0.2, -0.15) is 0 Å². The minimum atomic E-state index is 0.394. The molecule has 1 N–H and O–H groups in total. The Morgan fingerprint density at radius 2 is 2.05 bits per heavy atom. The van der Waals surface area contributed by atoms with Crippen LogP contribution in [-0.4, -0.2) is 24.1 Å². The number of aromatic nitrogens is 1. The zero-order valence-corrected chi connectivity index (χ0v) is 14.5. The first-order valence-corrected chi connectivity index (χ1v) is 8.22. The standard InChI is InChI=1S/C18H31N3/c1-13(2)19-11-15-7-8-17(20-14(15)3)21-10-9-16(12-21)18(4,5)6/h7-8,13,16,19H,9-12H2,1-6H3. The van der Waals surface area contributed by atoms with Crippen molar-refractivity contribution in [2.75, 3.05) is 18.0 Å². The molecule has 21 heavy (non-hydrogen) atoms. The summed E-state index contributed by atoms with van der Waals surface area (Å²) in [4.78, 5) is 7.28. The molecule has 0 bridgehead atoms. The molecule has 1 fully saturated rings. The summed E-state index contributed by atoms with van der Waals surface area (Å²) >= 11 is 0. The molecule has 1 unspecified atom stereocenters. The molecule has 1 saturated heterocycles. The van der Waals surface area contributed by atoms with Crippen molar-refractivity contribution in [2.45, 2.75) is 60.5 Å². The van der Waals surface area contributed by atoms with Crippen LogP contribution >= 0.6 is 0 Å². The van der Waals surface area contributed by atoms with E-state index >= 15 is 0 Å². The van der Waals surface area contributed by atoms with E-state index in [1.807, 2.05) is 0 Å². The maximum absolute atomic E-state index is 4.84. The Kier molecular flexibility index (Phi) is 4.92. The number of hydrogen-bond donors (Lipinski definition) is 1. The molecule has 0 amide bonds. The molecule has 1 aromatic rings. The second-order valence-electron chi connectivity index (χ2n) is 7.75. The molecule has 1 aliphatic rings. The Balaban J connectivity index is 2.04. The largest absolute Gasteiger partial charge is 0.356 e. The molecular formula is C18H31N3. The van der Waals surface area contributed by atoms with Gasteiger partial charge in [0.25, 0.3) is 0 Å². The van der Waals surface area contributed by atoms with E-state index in [0.29, 0.717) is 11.5 Å². The Morgan fingerprint density at radius 1 is 1.33 bits per heavy atom. The van der Waals surface area contributed by atoms with Crippen LogP contribution in [0.1, 0.15) is 52.3 Å². The quantitative estimate of drug-likeness (QED) is 0.914. The predicted molar refractivity (Wildman–Crippen MR) is 90.7 cm³/mol. The summed E-state index contributed by atoms with van der Waals surface area (Å²) in [5.41, 5.74) is 2.85. The van der Waals surface area contributed by atoms with Gasteiger partial charge in [-0.1, -0.05) is 40.7 Å². The van der Waals surface area contributed by atoms with Crippen molar-refractivity contribution in [2.24, 2.45) is 11.3 Å². The molecule has 1 aliphatic heterocycles. The van der Waals surface area contributed by atoms with Crippen molar-refractivity contribution in [1.82, 2.24) is 10.3 Å². The summed E-state index contributed by atoms with van der Waals surface area (Å²) in [6.45, 7) is 16.7. The molecule has 1 aromatic heterocycles. The molecule has 2 rings (SSSR count). The zero-order chi connectivity index (χ0) is 15.6. The third-order valence-corrected chi connectivity index (χ3v) is 4.62. The Bertz CT molecular complexity index is 474. The van der Waals surface area contributed by atoms with Gasteiger partial charge < -0.3 is 10.2 Å². The van der Waals surface area contributed by atoms with E-state index in [9.17, 15) is 0 Å². The number of anilines is 1. The molecule has 0 saturated carbocycles. The van der Waals surface area contributed by atoms with Crippen molar-refractivity contribution < 1.29 is 0 Å². The lowest BCUT2D eigenvalue weighted by Gasteiger charge is -2.27. The minimum Gasteiger partial charge on any atom is -0.356 e. The van der Waals surface area contributed by atoms with Crippen LogP contribution in [0, 0.1) is 18.3 Å². The highest BCUT2D eigenvalue weighted by molar-refractivity contribution is 5.43. The summed E-state index contributed by atoms with van der Waals surface area (Å²) in [5.74, 6) is 1.91. The highest BCUT2D eigenvalue weighted by atomic mass is 15.2. The van der Waals surface area contributed by atoms with Gasteiger partial charge in [-0.15, -0.1) is 0 Å². The van der Waals surface area contributed by atoms with Gasteiger partial charge >= 0.3 is 0 Å². The van der Waals surface area contributed by atoms with Gasteiger partial charge in [0.05, 0.1) is 0 Å². The van der Waals surface area contributed by atoms with Crippen molar-refractivity contribution in [3.05, 3.63) is 23.4 Å². The monoisotopic (exact) mass is 289 g/mol.